The second-order valence-electron chi connectivity index (χ2n) is 4.69. The van der Waals surface area contributed by atoms with Gasteiger partial charge in [-0.05, 0) is 36.7 Å². The average Bonchev–Trinajstić information content (AvgIpc) is 2.43. The minimum absolute atomic E-state index is 0.149. The van der Waals surface area contributed by atoms with Gasteiger partial charge in [0.15, 0.2) is 11.6 Å². The van der Waals surface area contributed by atoms with Gasteiger partial charge in [-0.2, -0.15) is 0 Å². The van der Waals surface area contributed by atoms with E-state index in [2.05, 4.69) is 5.32 Å². The third kappa shape index (κ3) is 3.77. The van der Waals surface area contributed by atoms with Crippen LogP contribution in [-0.2, 0) is 6.42 Å². The molecule has 0 heterocycles. The normalized spacial score (nSPS) is 12.4. The molecule has 1 N–H and O–H groups in total. The van der Waals surface area contributed by atoms with Gasteiger partial charge in [-0.1, -0.05) is 36.7 Å². The predicted octanol–water partition coefficient (Wildman–Crippen LogP) is 4.65. The summed E-state index contributed by atoms with van der Waals surface area (Å²) in [5, 5.41) is 3.38. The molecular weight excluding hydrogens is 299 g/mol. The van der Waals surface area contributed by atoms with Crippen LogP contribution in [0, 0.1) is 17.5 Å². The van der Waals surface area contributed by atoms with E-state index in [4.69, 9.17) is 11.6 Å². The van der Waals surface area contributed by atoms with Crippen LogP contribution in [0.15, 0.2) is 36.4 Å². The molecule has 0 radical (unpaired) electrons. The van der Waals surface area contributed by atoms with Crippen molar-refractivity contribution >= 4 is 11.6 Å². The lowest BCUT2D eigenvalue weighted by molar-refractivity contribution is 0.472. The Balaban J connectivity index is 2.33. The van der Waals surface area contributed by atoms with Crippen LogP contribution in [0.1, 0.15) is 24.1 Å². The summed E-state index contributed by atoms with van der Waals surface area (Å²) in [4.78, 5) is 0. The third-order valence-electron chi connectivity index (χ3n) is 3.24. The molecule has 5 heteroatoms. The first-order chi connectivity index (χ1) is 10.0. The van der Waals surface area contributed by atoms with Crippen molar-refractivity contribution in [1.29, 1.82) is 0 Å². The fourth-order valence-electron chi connectivity index (χ4n) is 2.25. The summed E-state index contributed by atoms with van der Waals surface area (Å²) in [5.74, 6) is -2.26. The average molecular weight is 314 g/mol. The Morgan fingerprint density at radius 3 is 2.52 bits per heavy atom. The lowest BCUT2D eigenvalue weighted by Crippen LogP contribution is -2.24. The van der Waals surface area contributed by atoms with Gasteiger partial charge in [0.25, 0.3) is 0 Å². The highest BCUT2D eigenvalue weighted by atomic mass is 35.5. The number of likely N-dealkylation sites (N-methyl/N-ethyl adjacent to an activating group) is 1. The van der Waals surface area contributed by atoms with Crippen molar-refractivity contribution in [3.05, 3.63) is 70.0 Å². The molecule has 1 unspecified atom stereocenters. The van der Waals surface area contributed by atoms with Crippen LogP contribution in [0.3, 0.4) is 0 Å². The van der Waals surface area contributed by atoms with Gasteiger partial charge in [0.05, 0.1) is 0 Å². The summed E-state index contributed by atoms with van der Waals surface area (Å²) >= 11 is 5.73. The van der Waals surface area contributed by atoms with Gasteiger partial charge >= 0.3 is 0 Å². The van der Waals surface area contributed by atoms with Crippen molar-refractivity contribution in [3.63, 3.8) is 0 Å². The number of benzene rings is 2. The quantitative estimate of drug-likeness (QED) is 0.847. The largest absolute Gasteiger partial charge is 0.310 e. The van der Waals surface area contributed by atoms with Crippen molar-refractivity contribution in [3.8, 4) is 0 Å². The molecule has 2 aromatic rings. The predicted molar refractivity (Wildman–Crippen MR) is 77.9 cm³/mol. The minimum atomic E-state index is -0.903. The lowest BCUT2D eigenvalue weighted by atomic mass is 9.98. The molecule has 2 rings (SSSR count). The SMILES string of the molecule is CCNC(Cc1cccc(F)c1F)c1ccc(Cl)cc1F. The second kappa shape index (κ2) is 6.96. The molecule has 21 heavy (non-hydrogen) atoms. The molecule has 0 fully saturated rings. The van der Waals surface area contributed by atoms with Gasteiger partial charge in [0.1, 0.15) is 5.82 Å². The molecule has 0 saturated heterocycles. The number of rotatable bonds is 5. The Kier molecular flexibility index (Phi) is 5.26. The van der Waals surface area contributed by atoms with E-state index in [9.17, 15) is 13.2 Å². The summed E-state index contributed by atoms with van der Waals surface area (Å²) in [6.45, 7) is 2.44. The maximum Gasteiger partial charge on any atom is 0.162 e. The van der Waals surface area contributed by atoms with Crippen LogP contribution in [0.2, 0.25) is 5.02 Å². The van der Waals surface area contributed by atoms with Gasteiger partial charge < -0.3 is 5.32 Å². The number of hydrogen-bond acceptors (Lipinski definition) is 1. The Morgan fingerprint density at radius 1 is 1.10 bits per heavy atom. The zero-order valence-electron chi connectivity index (χ0n) is 11.5. The van der Waals surface area contributed by atoms with E-state index >= 15 is 0 Å². The number of hydrogen-bond donors (Lipinski definition) is 1. The van der Waals surface area contributed by atoms with E-state index < -0.39 is 23.5 Å². The first-order valence-corrected chi connectivity index (χ1v) is 7.02. The maximum atomic E-state index is 14.0. The van der Waals surface area contributed by atoms with E-state index in [1.165, 1.54) is 18.2 Å². The highest BCUT2D eigenvalue weighted by Crippen LogP contribution is 2.25. The summed E-state index contributed by atoms with van der Waals surface area (Å²) in [5.41, 5.74) is 0.584. The Labute approximate surface area is 126 Å². The Morgan fingerprint density at radius 2 is 1.86 bits per heavy atom. The standard InChI is InChI=1S/C16H15ClF3N/c1-2-21-15(12-7-6-11(17)9-14(12)19)8-10-4-3-5-13(18)16(10)20/h3-7,9,15,21H,2,8H2,1H3. The van der Waals surface area contributed by atoms with Crippen molar-refractivity contribution in [1.82, 2.24) is 5.32 Å². The van der Waals surface area contributed by atoms with Crippen LogP contribution in [0.4, 0.5) is 13.2 Å². The fraction of sp³-hybridized carbons (Fsp3) is 0.250. The van der Waals surface area contributed by atoms with Crippen LogP contribution >= 0.6 is 11.6 Å². The monoisotopic (exact) mass is 313 g/mol. The zero-order valence-corrected chi connectivity index (χ0v) is 12.2. The topological polar surface area (TPSA) is 12.0 Å². The molecule has 1 atom stereocenters. The Bertz CT molecular complexity index is 631. The van der Waals surface area contributed by atoms with E-state index in [0.29, 0.717) is 17.1 Å². The first kappa shape index (κ1) is 15.9. The molecule has 0 aliphatic heterocycles. The first-order valence-electron chi connectivity index (χ1n) is 6.64. The van der Waals surface area contributed by atoms with Gasteiger partial charge in [0, 0.05) is 16.6 Å². The van der Waals surface area contributed by atoms with Gasteiger partial charge in [-0.3, -0.25) is 0 Å². The molecule has 0 bridgehead atoms. The van der Waals surface area contributed by atoms with Crippen LogP contribution < -0.4 is 5.32 Å². The van der Waals surface area contributed by atoms with Crippen LogP contribution in [0.5, 0.6) is 0 Å². The summed E-state index contributed by atoms with van der Waals surface area (Å²) in [6.07, 6.45) is 0.149. The lowest BCUT2D eigenvalue weighted by Gasteiger charge is -2.19. The van der Waals surface area contributed by atoms with Crippen LogP contribution in [0.25, 0.3) is 0 Å². The van der Waals surface area contributed by atoms with E-state index in [-0.39, 0.29) is 12.0 Å². The van der Waals surface area contributed by atoms with Gasteiger partial charge in [0.2, 0.25) is 0 Å². The number of nitrogens with one attached hydrogen (secondary N) is 1. The summed E-state index contributed by atoms with van der Waals surface area (Å²) in [7, 11) is 0. The van der Waals surface area contributed by atoms with E-state index in [1.54, 1.807) is 12.1 Å². The zero-order chi connectivity index (χ0) is 15.4. The van der Waals surface area contributed by atoms with E-state index in [1.807, 2.05) is 6.92 Å². The molecule has 0 aliphatic rings. The molecular formula is C16H15ClF3N. The molecule has 0 amide bonds. The highest BCUT2D eigenvalue weighted by molar-refractivity contribution is 6.30. The number of halogens is 4. The molecule has 0 aliphatic carbocycles. The molecule has 2 aromatic carbocycles. The fourth-order valence-corrected chi connectivity index (χ4v) is 2.41. The smallest absolute Gasteiger partial charge is 0.162 e. The molecule has 0 saturated carbocycles. The van der Waals surface area contributed by atoms with Crippen LogP contribution in [-0.4, -0.2) is 6.54 Å². The summed E-state index contributed by atoms with van der Waals surface area (Å²) in [6, 6.07) is 7.89. The highest BCUT2D eigenvalue weighted by Gasteiger charge is 2.18. The second-order valence-corrected chi connectivity index (χ2v) is 5.13. The third-order valence-corrected chi connectivity index (χ3v) is 3.48. The van der Waals surface area contributed by atoms with Crippen molar-refractivity contribution in [2.24, 2.45) is 0 Å². The van der Waals surface area contributed by atoms with E-state index in [0.717, 1.165) is 6.07 Å². The molecule has 0 spiro atoms. The molecule has 1 nitrogen and oxygen atoms in total. The molecule has 0 aromatic heterocycles. The van der Waals surface area contributed by atoms with Gasteiger partial charge in [-0.25, -0.2) is 13.2 Å². The minimum Gasteiger partial charge on any atom is -0.310 e. The van der Waals surface area contributed by atoms with Crippen molar-refractivity contribution in [2.75, 3.05) is 6.54 Å². The van der Waals surface area contributed by atoms with Crippen molar-refractivity contribution < 1.29 is 13.2 Å². The van der Waals surface area contributed by atoms with Crippen molar-refractivity contribution in [2.45, 2.75) is 19.4 Å². The molecule has 112 valence electrons. The Hall–Kier alpha value is -1.52. The van der Waals surface area contributed by atoms with Gasteiger partial charge in [-0.15, -0.1) is 0 Å². The summed E-state index contributed by atoms with van der Waals surface area (Å²) < 4.78 is 41.0. The maximum absolute atomic E-state index is 14.0.